The SMILES string of the molecule is COc1ccc(-c2nnc(SCC(=O)N3CCCC3=O)o2)c(OC)c1. The van der Waals surface area contributed by atoms with Gasteiger partial charge in [0.15, 0.2) is 0 Å². The maximum atomic E-state index is 12.0. The molecule has 0 bridgehead atoms. The molecule has 25 heavy (non-hydrogen) atoms. The van der Waals surface area contributed by atoms with Crippen LogP contribution in [0.25, 0.3) is 11.5 Å². The number of carbonyl (C=O) groups excluding carboxylic acids is 2. The lowest BCUT2D eigenvalue weighted by atomic mass is 10.2. The minimum Gasteiger partial charge on any atom is -0.497 e. The number of carbonyl (C=O) groups is 2. The van der Waals surface area contributed by atoms with Crippen LogP contribution in [0.15, 0.2) is 27.8 Å². The fourth-order valence-electron chi connectivity index (χ4n) is 2.47. The number of imide groups is 1. The normalized spacial score (nSPS) is 14.0. The van der Waals surface area contributed by atoms with Gasteiger partial charge in [-0.25, -0.2) is 0 Å². The molecule has 0 atom stereocenters. The Labute approximate surface area is 148 Å². The van der Waals surface area contributed by atoms with Crippen molar-refractivity contribution >= 4 is 23.6 Å². The molecule has 1 aromatic carbocycles. The molecule has 2 amide bonds. The highest BCUT2D eigenvalue weighted by Crippen LogP contribution is 2.33. The second kappa shape index (κ2) is 7.56. The molecule has 1 aliphatic heterocycles. The van der Waals surface area contributed by atoms with E-state index in [2.05, 4.69) is 10.2 Å². The lowest BCUT2D eigenvalue weighted by molar-refractivity contribution is -0.140. The predicted molar refractivity (Wildman–Crippen MR) is 89.5 cm³/mol. The van der Waals surface area contributed by atoms with Crippen molar-refractivity contribution in [3.05, 3.63) is 18.2 Å². The minimum atomic E-state index is -0.241. The zero-order valence-corrected chi connectivity index (χ0v) is 14.7. The lowest BCUT2D eigenvalue weighted by Crippen LogP contribution is -2.33. The lowest BCUT2D eigenvalue weighted by Gasteiger charge is -2.11. The number of methoxy groups -OCH3 is 2. The number of amides is 2. The Kier molecular flexibility index (Phi) is 5.22. The Bertz CT molecular complexity index is 792. The van der Waals surface area contributed by atoms with Gasteiger partial charge in [-0.3, -0.25) is 14.5 Å². The highest BCUT2D eigenvalue weighted by molar-refractivity contribution is 7.99. The standard InChI is InChI=1S/C16H17N3O5S/c1-22-10-5-6-11(12(8-10)23-2)15-17-18-16(24-15)25-9-14(21)19-7-3-4-13(19)20/h5-6,8H,3-4,7,9H2,1-2H3. The third-order valence-corrected chi connectivity index (χ3v) is 4.54. The first-order valence-electron chi connectivity index (χ1n) is 7.64. The maximum absolute atomic E-state index is 12.0. The van der Waals surface area contributed by atoms with E-state index in [0.717, 1.165) is 18.2 Å². The van der Waals surface area contributed by atoms with E-state index >= 15 is 0 Å². The first-order valence-corrected chi connectivity index (χ1v) is 8.63. The van der Waals surface area contributed by atoms with Crippen molar-refractivity contribution in [2.24, 2.45) is 0 Å². The second-order valence-corrected chi connectivity index (χ2v) is 6.20. The summed E-state index contributed by atoms with van der Waals surface area (Å²) in [5, 5.41) is 8.18. The summed E-state index contributed by atoms with van der Waals surface area (Å²) in [6.45, 7) is 0.482. The Morgan fingerprint density at radius 2 is 2.16 bits per heavy atom. The summed E-state index contributed by atoms with van der Waals surface area (Å²) in [5.41, 5.74) is 0.628. The molecule has 2 aromatic rings. The van der Waals surface area contributed by atoms with Gasteiger partial charge >= 0.3 is 0 Å². The van der Waals surface area contributed by atoms with Crippen molar-refractivity contribution in [2.45, 2.75) is 18.1 Å². The summed E-state index contributed by atoms with van der Waals surface area (Å²) in [5.74, 6) is 1.18. The van der Waals surface area contributed by atoms with Gasteiger partial charge in [0.05, 0.1) is 25.5 Å². The average Bonchev–Trinajstić information content (AvgIpc) is 3.28. The van der Waals surface area contributed by atoms with Crippen LogP contribution in [0.1, 0.15) is 12.8 Å². The van der Waals surface area contributed by atoms with Crippen LogP contribution in [-0.4, -0.2) is 53.4 Å². The molecule has 0 aliphatic carbocycles. The van der Waals surface area contributed by atoms with Gasteiger partial charge in [-0.1, -0.05) is 11.8 Å². The van der Waals surface area contributed by atoms with Crippen LogP contribution in [0, 0.1) is 0 Å². The third-order valence-electron chi connectivity index (χ3n) is 3.74. The summed E-state index contributed by atoms with van der Waals surface area (Å²) in [6, 6.07) is 5.24. The summed E-state index contributed by atoms with van der Waals surface area (Å²) in [6.07, 6.45) is 1.15. The smallest absolute Gasteiger partial charge is 0.277 e. The van der Waals surface area contributed by atoms with Crippen LogP contribution in [-0.2, 0) is 9.59 Å². The van der Waals surface area contributed by atoms with E-state index < -0.39 is 0 Å². The van der Waals surface area contributed by atoms with Crippen molar-refractivity contribution in [2.75, 3.05) is 26.5 Å². The number of aromatic nitrogens is 2. The third kappa shape index (κ3) is 3.76. The Balaban J connectivity index is 1.68. The van der Waals surface area contributed by atoms with Crippen LogP contribution in [0.2, 0.25) is 0 Å². The summed E-state index contributed by atoms with van der Waals surface area (Å²) < 4.78 is 16.1. The molecule has 1 saturated heterocycles. The van der Waals surface area contributed by atoms with Gasteiger partial charge in [0.1, 0.15) is 11.5 Å². The Hall–Kier alpha value is -2.55. The van der Waals surface area contributed by atoms with E-state index in [1.54, 1.807) is 25.3 Å². The topological polar surface area (TPSA) is 94.8 Å². The predicted octanol–water partition coefficient (Wildman–Crippen LogP) is 1.99. The first kappa shape index (κ1) is 17.3. The molecule has 0 N–H and O–H groups in total. The van der Waals surface area contributed by atoms with Crippen LogP contribution in [0.3, 0.4) is 0 Å². The number of thioether (sulfide) groups is 1. The molecule has 8 nitrogen and oxygen atoms in total. The summed E-state index contributed by atoms with van der Waals surface area (Å²) in [7, 11) is 3.11. The number of nitrogens with zero attached hydrogens (tertiary/aromatic N) is 3. The van der Waals surface area contributed by atoms with E-state index in [4.69, 9.17) is 13.9 Å². The average molecular weight is 363 g/mol. The van der Waals surface area contributed by atoms with Crippen molar-refractivity contribution in [1.29, 1.82) is 0 Å². The fraction of sp³-hybridized carbons (Fsp3) is 0.375. The first-order chi connectivity index (χ1) is 12.1. The van der Waals surface area contributed by atoms with Gasteiger partial charge in [0, 0.05) is 19.0 Å². The molecule has 2 heterocycles. The molecule has 0 spiro atoms. The van der Waals surface area contributed by atoms with E-state index in [1.807, 2.05) is 0 Å². The van der Waals surface area contributed by atoms with Gasteiger partial charge in [0.2, 0.25) is 11.8 Å². The van der Waals surface area contributed by atoms with E-state index in [9.17, 15) is 9.59 Å². The van der Waals surface area contributed by atoms with Crippen molar-refractivity contribution in [1.82, 2.24) is 15.1 Å². The summed E-state index contributed by atoms with van der Waals surface area (Å²) in [4.78, 5) is 24.9. The highest BCUT2D eigenvalue weighted by atomic mass is 32.2. The molecule has 0 saturated carbocycles. The second-order valence-electron chi connectivity index (χ2n) is 5.27. The number of likely N-dealkylation sites (tertiary alicyclic amines) is 1. The minimum absolute atomic E-state index is 0.0765. The zero-order valence-electron chi connectivity index (χ0n) is 13.9. The van der Waals surface area contributed by atoms with Gasteiger partial charge in [-0.05, 0) is 18.6 Å². The monoisotopic (exact) mass is 363 g/mol. The van der Waals surface area contributed by atoms with Crippen molar-refractivity contribution < 1.29 is 23.5 Å². The van der Waals surface area contributed by atoms with Crippen molar-refractivity contribution in [3.63, 3.8) is 0 Å². The van der Waals surface area contributed by atoms with Gasteiger partial charge in [0.25, 0.3) is 11.1 Å². The van der Waals surface area contributed by atoms with Crippen LogP contribution < -0.4 is 9.47 Å². The number of benzene rings is 1. The van der Waals surface area contributed by atoms with E-state index in [0.29, 0.717) is 30.0 Å². The molecule has 1 aromatic heterocycles. The van der Waals surface area contributed by atoms with E-state index in [1.165, 1.54) is 12.0 Å². The highest BCUT2D eigenvalue weighted by Gasteiger charge is 2.26. The van der Waals surface area contributed by atoms with Gasteiger partial charge in [-0.2, -0.15) is 0 Å². The number of rotatable bonds is 6. The van der Waals surface area contributed by atoms with Crippen LogP contribution in [0.5, 0.6) is 11.5 Å². The summed E-state index contributed by atoms with van der Waals surface area (Å²) >= 11 is 1.10. The molecule has 9 heteroatoms. The molecular formula is C16H17N3O5S. The Morgan fingerprint density at radius 1 is 1.32 bits per heavy atom. The molecule has 1 aliphatic rings. The zero-order chi connectivity index (χ0) is 17.8. The fourth-order valence-corrected chi connectivity index (χ4v) is 3.10. The number of hydrogen-bond acceptors (Lipinski definition) is 8. The van der Waals surface area contributed by atoms with E-state index in [-0.39, 0.29) is 28.7 Å². The van der Waals surface area contributed by atoms with Crippen LogP contribution in [0.4, 0.5) is 0 Å². The van der Waals surface area contributed by atoms with Crippen LogP contribution >= 0.6 is 11.8 Å². The van der Waals surface area contributed by atoms with Crippen molar-refractivity contribution in [3.8, 4) is 23.0 Å². The molecule has 3 rings (SSSR count). The van der Waals surface area contributed by atoms with Gasteiger partial charge < -0.3 is 13.9 Å². The number of ether oxygens (including phenoxy) is 2. The van der Waals surface area contributed by atoms with Gasteiger partial charge in [-0.15, -0.1) is 10.2 Å². The largest absolute Gasteiger partial charge is 0.497 e. The maximum Gasteiger partial charge on any atom is 0.277 e. The molecular weight excluding hydrogens is 346 g/mol. The molecule has 132 valence electrons. The Morgan fingerprint density at radius 3 is 2.84 bits per heavy atom. The quantitative estimate of drug-likeness (QED) is 0.719. The number of hydrogen-bond donors (Lipinski definition) is 0. The molecule has 0 unspecified atom stereocenters. The molecule has 0 radical (unpaired) electrons. The molecule has 1 fully saturated rings.